The zero-order valence-electron chi connectivity index (χ0n) is 8.01. The Hall–Kier alpha value is -1.06. The molecular weight excluding hydrogens is 154 g/mol. The smallest absolute Gasteiger partial charge is 0.315 e. The molecule has 4 nitrogen and oxygen atoms in total. The van der Waals surface area contributed by atoms with Crippen LogP contribution in [0.1, 0.15) is 33.6 Å². The van der Waals surface area contributed by atoms with E-state index in [1.165, 1.54) is 0 Å². The molecule has 0 bridgehead atoms. The molecule has 0 aromatic carbocycles. The molecule has 4 heteroatoms. The van der Waals surface area contributed by atoms with Crippen molar-refractivity contribution in [1.82, 2.24) is 10.2 Å². The van der Waals surface area contributed by atoms with Gasteiger partial charge in [-0.15, -0.1) is 5.10 Å². The predicted octanol–water partition coefficient (Wildman–Crippen LogP) is 1.80. The van der Waals surface area contributed by atoms with Crippen LogP contribution in [0.3, 0.4) is 0 Å². The fraction of sp³-hybridized carbons (Fsp3) is 0.750. The second-order valence-corrected chi connectivity index (χ2v) is 3.69. The third-order valence-corrected chi connectivity index (χ3v) is 1.39. The standard InChI is InChI=1S/C8H15N3O/c1-5-9-7-11-10-6(12-7)8(2,3)4/h5H2,1-4H3,(H,9,11). The van der Waals surface area contributed by atoms with Crippen LogP contribution in [0.25, 0.3) is 0 Å². The van der Waals surface area contributed by atoms with Crippen molar-refractivity contribution >= 4 is 6.01 Å². The van der Waals surface area contributed by atoms with E-state index in [9.17, 15) is 0 Å². The van der Waals surface area contributed by atoms with E-state index in [4.69, 9.17) is 4.42 Å². The monoisotopic (exact) mass is 169 g/mol. The lowest BCUT2D eigenvalue weighted by molar-refractivity contribution is 0.399. The summed E-state index contributed by atoms with van der Waals surface area (Å²) < 4.78 is 5.36. The average Bonchev–Trinajstić information content (AvgIpc) is 2.35. The summed E-state index contributed by atoms with van der Waals surface area (Å²) in [7, 11) is 0. The van der Waals surface area contributed by atoms with Crippen LogP contribution in [-0.4, -0.2) is 16.7 Å². The van der Waals surface area contributed by atoms with Gasteiger partial charge in [0.15, 0.2) is 0 Å². The minimum Gasteiger partial charge on any atom is -0.408 e. The topological polar surface area (TPSA) is 51.0 Å². The van der Waals surface area contributed by atoms with E-state index in [2.05, 4.69) is 15.5 Å². The fourth-order valence-corrected chi connectivity index (χ4v) is 0.749. The van der Waals surface area contributed by atoms with Gasteiger partial charge in [-0.1, -0.05) is 25.9 Å². The zero-order valence-corrected chi connectivity index (χ0v) is 8.01. The number of rotatable bonds is 2. The van der Waals surface area contributed by atoms with Gasteiger partial charge in [-0.05, 0) is 6.92 Å². The summed E-state index contributed by atoms with van der Waals surface area (Å²) in [4.78, 5) is 0. The molecule has 1 aromatic rings. The van der Waals surface area contributed by atoms with E-state index in [1.807, 2.05) is 27.7 Å². The molecule has 0 aliphatic rings. The molecule has 0 spiro atoms. The van der Waals surface area contributed by atoms with E-state index < -0.39 is 0 Å². The van der Waals surface area contributed by atoms with Gasteiger partial charge in [0.1, 0.15) is 0 Å². The summed E-state index contributed by atoms with van der Waals surface area (Å²) in [6, 6.07) is 0.502. The molecule has 1 N–H and O–H groups in total. The molecule has 12 heavy (non-hydrogen) atoms. The molecule has 0 amide bonds. The number of aromatic nitrogens is 2. The molecule has 0 fully saturated rings. The van der Waals surface area contributed by atoms with E-state index in [-0.39, 0.29) is 5.41 Å². The lowest BCUT2D eigenvalue weighted by Gasteiger charge is -2.10. The van der Waals surface area contributed by atoms with Gasteiger partial charge in [0, 0.05) is 12.0 Å². The Balaban J connectivity index is 2.77. The van der Waals surface area contributed by atoms with Gasteiger partial charge in [0.2, 0.25) is 5.89 Å². The van der Waals surface area contributed by atoms with Gasteiger partial charge in [0.05, 0.1) is 0 Å². The van der Waals surface area contributed by atoms with E-state index >= 15 is 0 Å². The molecule has 0 radical (unpaired) electrons. The third-order valence-electron chi connectivity index (χ3n) is 1.39. The highest BCUT2D eigenvalue weighted by molar-refractivity contribution is 5.17. The lowest BCUT2D eigenvalue weighted by Crippen LogP contribution is -2.11. The quantitative estimate of drug-likeness (QED) is 0.733. The molecule has 1 heterocycles. The Morgan fingerprint density at radius 3 is 2.42 bits per heavy atom. The molecule has 1 rings (SSSR count). The minimum atomic E-state index is -0.0688. The van der Waals surface area contributed by atoms with Crippen molar-refractivity contribution in [3.05, 3.63) is 5.89 Å². The second-order valence-electron chi connectivity index (χ2n) is 3.69. The van der Waals surface area contributed by atoms with Crippen LogP contribution in [-0.2, 0) is 5.41 Å². The summed E-state index contributed by atoms with van der Waals surface area (Å²) in [5.41, 5.74) is -0.0688. The van der Waals surface area contributed by atoms with Gasteiger partial charge in [-0.25, -0.2) is 0 Å². The Labute approximate surface area is 72.4 Å². The first kappa shape index (κ1) is 9.03. The highest BCUT2D eigenvalue weighted by Gasteiger charge is 2.20. The number of nitrogens with zero attached hydrogens (tertiary/aromatic N) is 2. The Kier molecular flexibility index (Phi) is 2.35. The summed E-state index contributed by atoms with van der Waals surface area (Å²) in [5, 5.41) is 10.7. The summed E-state index contributed by atoms with van der Waals surface area (Å²) in [6.07, 6.45) is 0. The molecule has 0 aliphatic carbocycles. The molecular formula is C8H15N3O. The fourth-order valence-electron chi connectivity index (χ4n) is 0.749. The normalized spacial score (nSPS) is 11.7. The van der Waals surface area contributed by atoms with E-state index in [1.54, 1.807) is 0 Å². The Morgan fingerprint density at radius 2 is 2.00 bits per heavy atom. The van der Waals surface area contributed by atoms with Crippen molar-refractivity contribution in [3.8, 4) is 0 Å². The molecule has 0 saturated carbocycles. The Bertz CT molecular complexity index is 249. The van der Waals surface area contributed by atoms with Crippen molar-refractivity contribution < 1.29 is 4.42 Å². The Morgan fingerprint density at radius 1 is 1.33 bits per heavy atom. The van der Waals surface area contributed by atoms with Crippen LogP contribution < -0.4 is 5.32 Å². The summed E-state index contributed by atoms with van der Waals surface area (Å²) >= 11 is 0. The first-order chi connectivity index (χ1) is 5.54. The zero-order chi connectivity index (χ0) is 9.19. The lowest BCUT2D eigenvalue weighted by atomic mass is 9.97. The van der Waals surface area contributed by atoms with Crippen LogP contribution in [0, 0.1) is 0 Å². The highest BCUT2D eigenvalue weighted by Crippen LogP contribution is 2.21. The van der Waals surface area contributed by atoms with Crippen LogP contribution in [0.15, 0.2) is 4.42 Å². The maximum atomic E-state index is 5.36. The molecule has 0 saturated heterocycles. The van der Waals surface area contributed by atoms with Crippen molar-refractivity contribution in [2.45, 2.75) is 33.1 Å². The maximum Gasteiger partial charge on any atom is 0.315 e. The average molecular weight is 169 g/mol. The van der Waals surface area contributed by atoms with Crippen molar-refractivity contribution in [3.63, 3.8) is 0 Å². The molecule has 1 aromatic heterocycles. The van der Waals surface area contributed by atoms with Crippen LogP contribution in [0.4, 0.5) is 6.01 Å². The van der Waals surface area contributed by atoms with Crippen molar-refractivity contribution in [1.29, 1.82) is 0 Å². The molecule has 0 unspecified atom stereocenters. The minimum absolute atomic E-state index is 0.0688. The SMILES string of the molecule is CCNc1nnc(C(C)(C)C)o1. The highest BCUT2D eigenvalue weighted by atomic mass is 16.4. The summed E-state index contributed by atoms with van der Waals surface area (Å²) in [5.74, 6) is 0.665. The van der Waals surface area contributed by atoms with Gasteiger partial charge < -0.3 is 9.73 Å². The van der Waals surface area contributed by atoms with Crippen molar-refractivity contribution in [2.24, 2.45) is 0 Å². The number of nitrogens with one attached hydrogen (secondary N) is 1. The van der Waals surface area contributed by atoms with Gasteiger partial charge >= 0.3 is 6.01 Å². The van der Waals surface area contributed by atoms with Crippen LogP contribution >= 0.6 is 0 Å². The summed E-state index contributed by atoms with van der Waals surface area (Å²) in [6.45, 7) is 8.90. The molecule has 0 atom stereocenters. The van der Waals surface area contributed by atoms with E-state index in [0.29, 0.717) is 11.9 Å². The van der Waals surface area contributed by atoms with E-state index in [0.717, 1.165) is 6.54 Å². The third kappa shape index (κ3) is 1.96. The van der Waals surface area contributed by atoms with Gasteiger partial charge in [-0.3, -0.25) is 0 Å². The number of hydrogen-bond acceptors (Lipinski definition) is 4. The van der Waals surface area contributed by atoms with Gasteiger partial charge in [0.25, 0.3) is 0 Å². The number of hydrogen-bond donors (Lipinski definition) is 1. The second kappa shape index (κ2) is 3.13. The first-order valence-electron chi connectivity index (χ1n) is 4.12. The predicted molar refractivity (Wildman–Crippen MR) is 47.2 cm³/mol. The largest absolute Gasteiger partial charge is 0.408 e. The number of anilines is 1. The molecule has 68 valence electrons. The van der Waals surface area contributed by atoms with Crippen LogP contribution in [0.5, 0.6) is 0 Å². The van der Waals surface area contributed by atoms with Crippen molar-refractivity contribution in [2.75, 3.05) is 11.9 Å². The molecule has 0 aliphatic heterocycles. The van der Waals surface area contributed by atoms with Gasteiger partial charge in [-0.2, -0.15) is 0 Å². The first-order valence-corrected chi connectivity index (χ1v) is 4.12. The van der Waals surface area contributed by atoms with Crippen LogP contribution in [0.2, 0.25) is 0 Å². The maximum absolute atomic E-state index is 5.36.